The number of amides is 2. The molecule has 0 aliphatic heterocycles. The van der Waals surface area contributed by atoms with Crippen LogP contribution in [0.3, 0.4) is 0 Å². The molecule has 1 unspecified atom stereocenters. The molecular weight excluding hydrogens is 478 g/mol. The number of carbonyl (C=O) groups excluding carboxylic acids is 2. The molecule has 0 saturated heterocycles. The number of nitrogens with one attached hydrogen (secondary N) is 2. The Balaban J connectivity index is 1.47. The fourth-order valence-corrected chi connectivity index (χ4v) is 3.90. The standard InChI is InChI=1S/C20H15F4N7O2S/c1-9(29-18(33)14-15-16(27-7-26-14)28-8-31(15)2)19-25-6-13(34-19)17(32)30-10-3-4-12(21)11(5-10)20(22,23)24/h3-9H,1-2H3,(H,29,33)(H,30,32). The lowest BCUT2D eigenvalue weighted by Gasteiger charge is -2.11. The van der Waals surface area contributed by atoms with Crippen molar-refractivity contribution >= 4 is 40.0 Å². The van der Waals surface area contributed by atoms with Gasteiger partial charge in [-0.2, -0.15) is 13.2 Å². The van der Waals surface area contributed by atoms with Crippen LogP contribution in [0.15, 0.2) is 37.1 Å². The molecule has 2 N–H and O–H groups in total. The number of fused-ring (bicyclic) bond motifs is 1. The van der Waals surface area contributed by atoms with Crippen molar-refractivity contribution in [2.75, 3.05) is 5.32 Å². The predicted octanol–water partition coefficient (Wildman–Crippen LogP) is 3.72. The van der Waals surface area contributed by atoms with Gasteiger partial charge >= 0.3 is 6.18 Å². The lowest BCUT2D eigenvalue weighted by atomic mass is 10.2. The van der Waals surface area contributed by atoms with Crippen LogP contribution in [0.1, 0.15) is 43.7 Å². The average molecular weight is 493 g/mol. The SMILES string of the molecule is CC(NC(=O)c1ncnc2ncn(C)c12)c1ncc(C(=O)Nc2ccc(F)c(C(F)(F)F)c2)s1. The Morgan fingerprint density at radius 1 is 1.12 bits per heavy atom. The predicted molar refractivity (Wildman–Crippen MR) is 114 cm³/mol. The average Bonchev–Trinajstić information content (AvgIpc) is 3.42. The molecule has 1 aromatic carbocycles. The summed E-state index contributed by atoms with van der Waals surface area (Å²) in [6, 6.07) is 1.55. The van der Waals surface area contributed by atoms with Crippen LogP contribution in [0.5, 0.6) is 0 Å². The highest BCUT2D eigenvalue weighted by atomic mass is 32.1. The summed E-state index contributed by atoms with van der Waals surface area (Å²) in [4.78, 5) is 41.5. The molecule has 14 heteroatoms. The van der Waals surface area contributed by atoms with Crippen molar-refractivity contribution < 1.29 is 27.2 Å². The van der Waals surface area contributed by atoms with Crippen LogP contribution in [-0.4, -0.2) is 36.3 Å². The maximum absolute atomic E-state index is 13.4. The molecule has 4 aromatic rings. The fourth-order valence-electron chi connectivity index (χ4n) is 3.09. The van der Waals surface area contributed by atoms with E-state index >= 15 is 0 Å². The fraction of sp³-hybridized carbons (Fsp3) is 0.200. The maximum Gasteiger partial charge on any atom is 0.419 e. The Bertz CT molecular complexity index is 1400. The summed E-state index contributed by atoms with van der Waals surface area (Å²) >= 11 is 0.942. The molecule has 34 heavy (non-hydrogen) atoms. The largest absolute Gasteiger partial charge is 0.419 e. The van der Waals surface area contributed by atoms with E-state index in [1.807, 2.05) is 0 Å². The van der Waals surface area contributed by atoms with E-state index in [2.05, 4.69) is 30.6 Å². The number of aryl methyl sites for hydroxylation is 1. The van der Waals surface area contributed by atoms with Crippen molar-refractivity contribution in [2.24, 2.45) is 7.05 Å². The van der Waals surface area contributed by atoms with Gasteiger partial charge in [0.1, 0.15) is 27.5 Å². The number of thiazole rings is 1. The van der Waals surface area contributed by atoms with Crippen LogP contribution in [0.25, 0.3) is 11.2 Å². The highest BCUT2D eigenvalue weighted by Crippen LogP contribution is 2.33. The number of carbonyl (C=O) groups is 2. The lowest BCUT2D eigenvalue weighted by molar-refractivity contribution is -0.139. The van der Waals surface area contributed by atoms with E-state index in [4.69, 9.17) is 0 Å². The number of benzene rings is 1. The summed E-state index contributed by atoms with van der Waals surface area (Å²) in [6.45, 7) is 1.65. The van der Waals surface area contributed by atoms with Crippen molar-refractivity contribution in [3.05, 3.63) is 64.0 Å². The van der Waals surface area contributed by atoms with Gasteiger partial charge in [0, 0.05) is 12.7 Å². The monoisotopic (exact) mass is 493 g/mol. The molecule has 3 aromatic heterocycles. The summed E-state index contributed by atoms with van der Waals surface area (Å²) in [5, 5.41) is 5.40. The number of hydrogen-bond acceptors (Lipinski definition) is 7. The summed E-state index contributed by atoms with van der Waals surface area (Å²) in [6.07, 6.45) is -0.943. The third-order valence-electron chi connectivity index (χ3n) is 4.72. The number of anilines is 1. The second-order valence-corrected chi connectivity index (χ2v) is 8.22. The number of rotatable bonds is 5. The first-order valence-electron chi connectivity index (χ1n) is 9.61. The van der Waals surface area contributed by atoms with Crippen LogP contribution in [0.2, 0.25) is 0 Å². The molecule has 0 aliphatic rings. The van der Waals surface area contributed by atoms with E-state index in [-0.39, 0.29) is 16.3 Å². The maximum atomic E-state index is 13.4. The summed E-state index contributed by atoms with van der Waals surface area (Å²) in [7, 11) is 1.70. The van der Waals surface area contributed by atoms with Gasteiger partial charge in [-0.25, -0.2) is 24.3 Å². The summed E-state index contributed by atoms with van der Waals surface area (Å²) in [5.74, 6) is -2.67. The third-order valence-corrected chi connectivity index (χ3v) is 5.90. The molecule has 0 saturated carbocycles. The number of aromatic nitrogens is 5. The molecule has 0 fully saturated rings. The zero-order chi connectivity index (χ0) is 24.6. The highest BCUT2D eigenvalue weighted by molar-refractivity contribution is 7.13. The molecule has 4 rings (SSSR count). The van der Waals surface area contributed by atoms with Gasteiger partial charge < -0.3 is 15.2 Å². The second kappa shape index (κ2) is 8.78. The first kappa shape index (κ1) is 23.2. The van der Waals surface area contributed by atoms with E-state index in [9.17, 15) is 27.2 Å². The minimum absolute atomic E-state index is 0.0880. The number of imidazole rings is 1. The van der Waals surface area contributed by atoms with Crippen molar-refractivity contribution in [3.8, 4) is 0 Å². The van der Waals surface area contributed by atoms with Crippen LogP contribution in [0, 0.1) is 5.82 Å². The van der Waals surface area contributed by atoms with Gasteiger partial charge in [-0.05, 0) is 25.1 Å². The normalized spacial score (nSPS) is 12.5. The van der Waals surface area contributed by atoms with Gasteiger partial charge in [0.2, 0.25) is 0 Å². The molecule has 3 heterocycles. The topological polar surface area (TPSA) is 115 Å². The first-order valence-corrected chi connectivity index (χ1v) is 10.4. The zero-order valence-corrected chi connectivity index (χ0v) is 18.3. The van der Waals surface area contributed by atoms with Gasteiger partial charge in [-0.1, -0.05) is 0 Å². The Labute approximate surface area is 192 Å². The van der Waals surface area contributed by atoms with E-state index in [0.29, 0.717) is 28.3 Å². The van der Waals surface area contributed by atoms with E-state index < -0.39 is 35.4 Å². The van der Waals surface area contributed by atoms with Gasteiger partial charge in [-0.15, -0.1) is 11.3 Å². The highest BCUT2D eigenvalue weighted by Gasteiger charge is 2.34. The number of hydrogen-bond donors (Lipinski definition) is 2. The zero-order valence-electron chi connectivity index (χ0n) is 17.5. The Kier molecular flexibility index (Phi) is 6.00. The van der Waals surface area contributed by atoms with Crippen molar-refractivity contribution in [3.63, 3.8) is 0 Å². The van der Waals surface area contributed by atoms with E-state index in [0.717, 1.165) is 17.4 Å². The van der Waals surface area contributed by atoms with Gasteiger partial charge in [0.15, 0.2) is 11.3 Å². The lowest BCUT2D eigenvalue weighted by Crippen LogP contribution is -2.28. The van der Waals surface area contributed by atoms with E-state index in [1.54, 1.807) is 18.5 Å². The van der Waals surface area contributed by atoms with Gasteiger partial charge in [-0.3, -0.25) is 9.59 Å². The van der Waals surface area contributed by atoms with Crippen molar-refractivity contribution in [1.82, 2.24) is 29.8 Å². The molecule has 0 spiro atoms. The molecule has 1 atom stereocenters. The number of nitrogens with zero attached hydrogens (tertiary/aromatic N) is 5. The van der Waals surface area contributed by atoms with Crippen molar-refractivity contribution in [2.45, 2.75) is 19.1 Å². The minimum atomic E-state index is -4.90. The quantitative estimate of drug-likeness (QED) is 0.410. The molecule has 0 aliphatic carbocycles. The Morgan fingerprint density at radius 2 is 1.88 bits per heavy atom. The van der Waals surface area contributed by atoms with Crippen LogP contribution in [0.4, 0.5) is 23.2 Å². The van der Waals surface area contributed by atoms with E-state index in [1.165, 1.54) is 18.9 Å². The molecule has 2 amide bonds. The molecule has 9 nitrogen and oxygen atoms in total. The summed E-state index contributed by atoms with van der Waals surface area (Å²) in [5.41, 5.74) is -0.789. The summed E-state index contributed by atoms with van der Waals surface area (Å²) < 4.78 is 53.7. The number of halogens is 4. The smallest absolute Gasteiger partial charge is 0.342 e. The van der Waals surface area contributed by atoms with Crippen LogP contribution < -0.4 is 10.6 Å². The molecule has 0 radical (unpaired) electrons. The van der Waals surface area contributed by atoms with Crippen LogP contribution in [-0.2, 0) is 13.2 Å². The van der Waals surface area contributed by atoms with Gasteiger partial charge in [0.25, 0.3) is 11.8 Å². The number of alkyl halides is 3. The molecule has 176 valence electrons. The minimum Gasteiger partial charge on any atom is -0.342 e. The second-order valence-electron chi connectivity index (χ2n) is 7.15. The molecule has 0 bridgehead atoms. The third kappa shape index (κ3) is 4.57. The van der Waals surface area contributed by atoms with Gasteiger partial charge in [0.05, 0.1) is 24.1 Å². The van der Waals surface area contributed by atoms with Crippen LogP contribution >= 0.6 is 11.3 Å². The Morgan fingerprint density at radius 3 is 2.62 bits per heavy atom. The molecular formula is C20H15F4N7O2S. The Hall–Kier alpha value is -3.94. The first-order chi connectivity index (χ1) is 16.0. The van der Waals surface area contributed by atoms with Crippen molar-refractivity contribution in [1.29, 1.82) is 0 Å².